The van der Waals surface area contributed by atoms with Crippen molar-refractivity contribution in [1.82, 2.24) is 15.5 Å². The zero-order valence-corrected chi connectivity index (χ0v) is 22.3. The van der Waals surface area contributed by atoms with Crippen LogP contribution < -0.4 is 15.4 Å². The minimum atomic E-state index is -1.31. The number of nitrogens with zero attached hydrogens (tertiary/aromatic N) is 1. The SMILES string of the molecule is CN[C@@H]1CCN(C(=O)OC(C)OC(=O)C(C)(C)Oc2ccc(CCNC(=O)c3ccc(Cl)cc3)cc2)C1. The number of esters is 1. The minimum Gasteiger partial charge on any atom is -0.476 e. The number of benzene rings is 2. The second kappa shape index (κ2) is 12.8. The van der Waals surface area contributed by atoms with Crippen molar-refractivity contribution >= 4 is 29.6 Å². The van der Waals surface area contributed by atoms with E-state index in [2.05, 4.69) is 10.6 Å². The molecule has 1 aliphatic rings. The maximum absolute atomic E-state index is 12.7. The summed E-state index contributed by atoms with van der Waals surface area (Å²) in [5.41, 5.74) is 0.233. The predicted octanol–water partition coefficient (Wildman–Crippen LogP) is 3.79. The van der Waals surface area contributed by atoms with Crippen LogP contribution in [0.4, 0.5) is 4.79 Å². The summed E-state index contributed by atoms with van der Waals surface area (Å²) >= 11 is 5.85. The van der Waals surface area contributed by atoms with E-state index >= 15 is 0 Å². The van der Waals surface area contributed by atoms with Gasteiger partial charge in [0.2, 0.25) is 6.29 Å². The van der Waals surface area contributed by atoms with Gasteiger partial charge in [-0.15, -0.1) is 0 Å². The Morgan fingerprint density at radius 2 is 1.76 bits per heavy atom. The van der Waals surface area contributed by atoms with Crippen molar-refractivity contribution in [1.29, 1.82) is 0 Å². The molecule has 37 heavy (non-hydrogen) atoms. The van der Waals surface area contributed by atoms with Gasteiger partial charge < -0.3 is 29.7 Å². The fourth-order valence-corrected chi connectivity index (χ4v) is 3.91. The first-order valence-electron chi connectivity index (χ1n) is 12.2. The number of rotatable bonds is 10. The molecule has 0 aliphatic carbocycles. The van der Waals surface area contributed by atoms with Crippen LogP contribution in [0.15, 0.2) is 48.5 Å². The molecule has 1 unspecified atom stereocenters. The van der Waals surface area contributed by atoms with Gasteiger partial charge in [-0.2, -0.15) is 0 Å². The Morgan fingerprint density at radius 3 is 2.38 bits per heavy atom. The number of carbonyl (C=O) groups excluding carboxylic acids is 3. The van der Waals surface area contributed by atoms with Crippen molar-refractivity contribution in [3.63, 3.8) is 0 Å². The maximum atomic E-state index is 12.7. The van der Waals surface area contributed by atoms with E-state index in [0.717, 1.165) is 12.0 Å². The minimum absolute atomic E-state index is 0.167. The normalized spacial score (nSPS) is 16.1. The van der Waals surface area contributed by atoms with Gasteiger partial charge >= 0.3 is 12.1 Å². The highest BCUT2D eigenvalue weighted by atomic mass is 35.5. The van der Waals surface area contributed by atoms with Crippen LogP contribution in [0.1, 0.15) is 43.1 Å². The second-order valence-corrected chi connectivity index (χ2v) is 9.78. The average Bonchev–Trinajstić information content (AvgIpc) is 3.35. The van der Waals surface area contributed by atoms with Crippen LogP contribution in [-0.2, 0) is 20.7 Å². The summed E-state index contributed by atoms with van der Waals surface area (Å²) in [5, 5.41) is 6.58. The highest BCUT2D eigenvalue weighted by Gasteiger charge is 2.35. The lowest BCUT2D eigenvalue weighted by Crippen LogP contribution is -2.42. The van der Waals surface area contributed by atoms with E-state index < -0.39 is 24.0 Å². The molecular weight excluding hydrogens is 498 g/mol. The highest BCUT2D eigenvalue weighted by molar-refractivity contribution is 6.30. The fourth-order valence-electron chi connectivity index (χ4n) is 3.78. The Hall–Kier alpha value is -3.30. The Bertz CT molecular complexity index is 1070. The van der Waals surface area contributed by atoms with E-state index in [4.69, 9.17) is 25.8 Å². The molecule has 0 aromatic heterocycles. The Kier molecular flexibility index (Phi) is 9.77. The number of hydrogen-bond donors (Lipinski definition) is 2. The molecule has 0 radical (unpaired) electrons. The van der Waals surface area contributed by atoms with Gasteiger partial charge in [-0.25, -0.2) is 9.59 Å². The van der Waals surface area contributed by atoms with Gasteiger partial charge in [0.1, 0.15) is 5.75 Å². The first kappa shape index (κ1) is 28.3. The number of carbonyl (C=O) groups is 3. The molecule has 0 bridgehead atoms. The van der Waals surface area contributed by atoms with Crippen LogP contribution in [0.2, 0.25) is 5.02 Å². The van der Waals surface area contributed by atoms with Crippen LogP contribution in [-0.4, -0.2) is 67.5 Å². The highest BCUT2D eigenvalue weighted by Crippen LogP contribution is 2.21. The quantitative estimate of drug-likeness (QED) is 0.355. The molecule has 200 valence electrons. The number of ether oxygens (including phenoxy) is 3. The Morgan fingerprint density at radius 1 is 1.08 bits per heavy atom. The predicted molar refractivity (Wildman–Crippen MR) is 140 cm³/mol. The Labute approximate surface area is 222 Å². The van der Waals surface area contributed by atoms with Crippen LogP contribution >= 0.6 is 11.6 Å². The fraction of sp³-hybridized carbons (Fsp3) is 0.444. The lowest BCUT2D eigenvalue weighted by molar-refractivity contribution is -0.181. The van der Waals surface area contributed by atoms with Gasteiger partial charge in [0, 0.05) is 43.2 Å². The number of amides is 2. The van der Waals surface area contributed by atoms with E-state index in [1.807, 2.05) is 19.2 Å². The van der Waals surface area contributed by atoms with Crippen molar-refractivity contribution in [2.75, 3.05) is 26.7 Å². The van der Waals surface area contributed by atoms with E-state index in [0.29, 0.717) is 42.4 Å². The smallest absolute Gasteiger partial charge is 0.412 e. The molecule has 0 spiro atoms. The van der Waals surface area contributed by atoms with Gasteiger partial charge in [0.25, 0.3) is 5.91 Å². The third-order valence-electron chi connectivity index (χ3n) is 5.99. The molecule has 2 N–H and O–H groups in total. The molecule has 1 aliphatic heterocycles. The standard InChI is InChI=1S/C27H34ClN3O6/c1-18(36-26(34)31-16-14-22(17-31)29-4)35-25(33)27(2,3)37-23-11-5-19(6-12-23)13-15-30-24(32)20-7-9-21(28)10-8-20/h5-12,18,22,29H,13-17H2,1-4H3,(H,30,32)/t18?,22-/m1/s1. The molecule has 2 aromatic carbocycles. The van der Waals surface area contributed by atoms with Crippen molar-refractivity contribution in [2.24, 2.45) is 0 Å². The average molecular weight is 532 g/mol. The number of hydrogen-bond acceptors (Lipinski definition) is 7. The molecule has 0 saturated carbocycles. The zero-order valence-electron chi connectivity index (χ0n) is 21.6. The summed E-state index contributed by atoms with van der Waals surface area (Å²) in [4.78, 5) is 38.8. The summed E-state index contributed by atoms with van der Waals surface area (Å²) in [7, 11) is 1.85. The number of nitrogens with one attached hydrogen (secondary N) is 2. The third kappa shape index (κ3) is 8.36. The van der Waals surface area contributed by atoms with Crippen molar-refractivity contribution in [2.45, 2.75) is 51.5 Å². The maximum Gasteiger partial charge on any atom is 0.412 e. The third-order valence-corrected chi connectivity index (χ3v) is 6.24. The molecule has 2 aromatic rings. The molecule has 3 rings (SSSR count). The summed E-state index contributed by atoms with van der Waals surface area (Å²) in [6.45, 7) is 6.27. The number of likely N-dealkylation sites (tertiary alicyclic amines) is 1. The van der Waals surface area contributed by atoms with Crippen molar-refractivity contribution < 1.29 is 28.6 Å². The molecule has 1 fully saturated rings. The van der Waals surface area contributed by atoms with Gasteiger partial charge in [-0.1, -0.05) is 23.7 Å². The zero-order chi connectivity index (χ0) is 27.0. The molecule has 1 saturated heterocycles. The van der Waals surface area contributed by atoms with Gasteiger partial charge in [-0.05, 0) is 75.7 Å². The molecular formula is C27H34ClN3O6. The molecule has 2 amide bonds. The molecule has 9 nitrogen and oxygen atoms in total. The lowest BCUT2D eigenvalue weighted by atomic mass is 10.1. The summed E-state index contributed by atoms with van der Waals surface area (Å²) in [5.74, 6) is -0.341. The van der Waals surface area contributed by atoms with E-state index in [9.17, 15) is 14.4 Å². The first-order chi connectivity index (χ1) is 17.6. The number of halogens is 1. The van der Waals surface area contributed by atoms with E-state index in [-0.39, 0.29) is 11.9 Å². The topological polar surface area (TPSA) is 106 Å². The first-order valence-corrected chi connectivity index (χ1v) is 12.6. The van der Waals surface area contributed by atoms with Crippen LogP contribution in [0.25, 0.3) is 0 Å². The lowest BCUT2D eigenvalue weighted by Gasteiger charge is -2.27. The van der Waals surface area contributed by atoms with Crippen LogP contribution in [0.5, 0.6) is 5.75 Å². The van der Waals surface area contributed by atoms with Crippen LogP contribution in [0, 0.1) is 0 Å². The largest absolute Gasteiger partial charge is 0.476 e. The monoisotopic (exact) mass is 531 g/mol. The molecule has 10 heteroatoms. The van der Waals surface area contributed by atoms with Crippen LogP contribution in [0.3, 0.4) is 0 Å². The molecule has 1 heterocycles. The second-order valence-electron chi connectivity index (χ2n) is 9.35. The van der Waals surface area contributed by atoms with Crippen molar-refractivity contribution in [3.8, 4) is 5.75 Å². The Balaban J connectivity index is 1.43. The van der Waals surface area contributed by atoms with Gasteiger partial charge in [-0.3, -0.25) is 4.79 Å². The summed E-state index contributed by atoms with van der Waals surface area (Å²) < 4.78 is 16.4. The summed E-state index contributed by atoms with van der Waals surface area (Å²) in [6.07, 6.45) is -0.101. The van der Waals surface area contributed by atoms with Gasteiger partial charge in [0.05, 0.1) is 0 Å². The van der Waals surface area contributed by atoms with E-state index in [1.165, 1.54) is 6.92 Å². The van der Waals surface area contributed by atoms with Crippen molar-refractivity contribution in [3.05, 3.63) is 64.7 Å². The van der Waals surface area contributed by atoms with E-state index in [1.54, 1.807) is 55.1 Å². The number of likely N-dealkylation sites (N-methyl/N-ethyl adjacent to an activating group) is 1. The molecule has 2 atom stereocenters. The summed E-state index contributed by atoms with van der Waals surface area (Å²) in [6, 6.07) is 14.2. The van der Waals surface area contributed by atoms with Gasteiger partial charge in [0.15, 0.2) is 5.60 Å².